The van der Waals surface area contributed by atoms with Crippen molar-refractivity contribution in [3.8, 4) is 0 Å². The number of hydrogen-bond acceptors (Lipinski definition) is 2. The number of carbonyl (C=O) groups is 1. The average Bonchev–Trinajstić information content (AvgIpc) is 3.19. The average molecular weight is 397 g/mol. The van der Waals surface area contributed by atoms with E-state index < -0.39 is 5.54 Å². The van der Waals surface area contributed by atoms with Crippen LogP contribution in [-0.4, -0.2) is 26.9 Å². The first-order valence-electron chi connectivity index (χ1n) is 7.66. The smallest absolute Gasteiger partial charge is 0.253 e. The Labute approximate surface area is 150 Å². The number of carbonyl (C=O) groups excluding carboxylic acids is 1. The van der Waals surface area contributed by atoms with Gasteiger partial charge in [0.15, 0.2) is 0 Å². The number of amides is 1. The van der Waals surface area contributed by atoms with Crippen LogP contribution >= 0.6 is 28.3 Å². The van der Waals surface area contributed by atoms with E-state index in [0.29, 0.717) is 12.5 Å². The Morgan fingerprint density at radius 1 is 1.39 bits per heavy atom. The predicted molar refractivity (Wildman–Crippen MR) is 94.5 cm³/mol. The Kier molecular flexibility index (Phi) is 4.27. The van der Waals surface area contributed by atoms with Gasteiger partial charge < -0.3 is 9.47 Å². The fraction of sp³-hybridized carbons (Fsp3) is 0.412. The van der Waals surface area contributed by atoms with Crippen LogP contribution in [0.5, 0.6) is 0 Å². The lowest BCUT2D eigenvalue weighted by Crippen LogP contribution is -2.54. The van der Waals surface area contributed by atoms with Crippen LogP contribution in [0.15, 0.2) is 41.3 Å². The summed E-state index contributed by atoms with van der Waals surface area (Å²) in [6.07, 6.45) is 6.15. The minimum Gasteiger partial charge on any atom is -0.334 e. The molecule has 122 valence electrons. The molecule has 1 aromatic carbocycles. The van der Waals surface area contributed by atoms with Crippen molar-refractivity contribution in [3.63, 3.8) is 0 Å². The Morgan fingerprint density at radius 3 is 2.87 bits per heavy atom. The summed E-state index contributed by atoms with van der Waals surface area (Å²) in [5, 5.41) is 0. The molecule has 1 unspecified atom stereocenters. The first-order valence-corrected chi connectivity index (χ1v) is 8.45. The summed E-state index contributed by atoms with van der Waals surface area (Å²) < 4.78 is 3.01. The highest BCUT2D eigenvalue weighted by Crippen LogP contribution is 2.38. The molecular weight excluding hydrogens is 378 g/mol. The number of hydrogen-bond donors (Lipinski definition) is 0. The number of aromatic nitrogens is 2. The van der Waals surface area contributed by atoms with Crippen molar-refractivity contribution in [1.29, 1.82) is 0 Å². The van der Waals surface area contributed by atoms with E-state index in [-0.39, 0.29) is 18.3 Å². The molecule has 2 heterocycles. The van der Waals surface area contributed by atoms with Gasteiger partial charge in [-0.2, -0.15) is 0 Å². The van der Waals surface area contributed by atoms with Crippen LogP contribution in [0.2, 0.25) is 0 Å². The van der Waals surface area contributed by atoms with Gasteiger partial charge in [0.25, 0.3) is 5.91 Å². The molecule has 0 N–H and O–H groups in total. The van der Waals surface area contributed by atoms with Gasteiger partial charge in [-0.1, -0.05) is 28.1 Å². The molecule has 0 saturated heterocycles. The van der Waals surface area contributed by atoms with E-state index in [2.05, 4.69) is 20.9 Å². The molecule has 4 nitrogen and oxygen atoms in total. The summed E-state index contributed by atoms with van der Waals surface area (Å²) >= 11 is 3.52. The Morgan fingerprint density at radius 2 is 2.17 bits per heavy atom. The van der Waals surface area contributed by atoms with Gasteiger partial charge in [0.1, 0.15) is 5.54 Å². The van der Waals surface area contributed by atoms with Crippen LogP contribution in [0.3, 0.4) is 0 Å². The van der Waals surface area contributed by atoms with Gasteiger partial charge in [-0.15, -0.1) is 12.4 Å². The van der Waals surface area contributed by atoms with Crippen molar-refractivity contribution in [1.82, 2.24) is 14.5 Å². The quantitative estimate of drug-likeness (QED) is 0.795. The second-order valence-electron chi connectivity index (χ2n) is 6.47. The van der Waals surface area contributed by atoms with Crippen molar-refractivity contribution in [2.75, 3.05) is 6.54 Å². The summed E-state index contributed by atoms with van der Waals surface area (Å²) in [5.74, 6) is 0.855. The van der Waals surface area contributed by atoms with Crippen LogP contribution < -0.4 is 0 Å². The van der Waals surface area contributed by atoms with Crippen molar-refractivity contribution in [2.45, 2.75) is 31.8 Å². The van der Waals surface area contributed by atoms with Gasteiger partial charge in [-0.25, -0.2) is 4.98 Å². The molecule has 6 heteroatoms. The number of rotatable bonds is 3. The summed E-state index contributed by atoms with van der Waals surface area (Å²) in [7, 11) is 0. The van der Waals surface area contributed by atoms with Crippen LogP contribution in [0.25, 0.3) is 0 Å². The third-order valence-corrected chi connectivity index (χ3v) is 5.31. The van der Waals surface area contributed by atoms with E-state index >= 15 is 0 Å². The number of imidazole rings is 1. The zero-order valence-corrected chi connectivity index (χ0v) is 15.3. The first-order chi connectivity index (χ1) is 10.6. The standard InChI is InChI=1S/C17H18BrN3O.ClH/c1-17(13-3-2-4-14(18)7-13)16(22)20(9-12-5-6-12)10-15-8-19-11-21(15)17;/h2-4,7-8,11-12H,5-6,9-10H2,1H3;1H. The van der Waals surface area contributed by atoms with Gasteiger partial charge in [-0.3, -0.25) is 4.79 Å². The van der Waals surface area contributed by atoms with Gasteiger partial charge in [0.05, 0.1) is 18.6 Å². The second-order valence-corrected chi connectivity index (χ2v) is 7.38. The molecule has 1 aliphatic heterocycles. The lowest BCUT2D eigenvalue weighted by atomic mass is 9.88. The Bertz CT molecular complexity index is 743. The molecule has 23 heavy (non-hydrogen) atoms. The predicted octanol–water partition coefficient (Wildman–Crippen LogP) is 3.58. The molecule has 2 aromatic rings. The molecule has 4 rings (SSSR count). The minimum atomic E-state index is -0.719. The lowest BCUT2D eigenvalue weighted by molar-refractivity contribution is -0.141. The molecule has 1 fully saturated rings. The summed E-state index contributed by atoms with van der Waals surface area (Å²) in [6.45, 7) is 3.54. The van der Waals surface area contributed by atoms with Crippen molar-refractivity contribution >= 4 is 34.2 Å². The molecule has 1 amide bonds. The second kappa shape index (κ2) is 5.95. The van der Waals surface area contributed by atoms with Crippen molar-refractivity contribution < 1.29 is 4.79 Å². The van der Waals surface area contributed by atoms with E-state index in [1.807, 2.05) is 46.9 Å². The monoisotopic (exact) mass is 395 g/mol. The number of nitrogens with zero attached hydrogens (tertiary/aromatic N) is 3. The van der Waals surface area contributed by atoms with Gasteiger partial charge in [-0.05, 0) is 43.4 Å². The van der Waals surface area contributed by atoms with E-state index in [9.17, 15) is 4.79 Å². The zero-order chi connectivity index (χ0) is 15.3. The fourth-order valence-corrected chi connectivity index (χ4v) is 3.73. The van der Waals surface area contributed by atoms with Crippen LogP contribution in [-0.2, 0) is 16.9 Å². The van der Waals surface area contributed by atoms with E-state index in [4.69, 9.17) is 0 Å². The topological polar surface area (TPSA) is 38.1 Å². The van der Waals surface area contributed by atoms with Gasteiger partial charge in [0, 0.05) is 17.2 Å². The molecular formula is C17H19BrClN3O. The maximum absolute atomic E-state index is 13.2. The third-order valence-electron chi connectivity index (χ3n) is 4.82. The zero-order valence-electron chi connectivity index (χ0n) is 12.9. The maximum Gasteiger partial charge on any atom is 0.253 e. The number of halogens is 2. The van der Waals surface area contributed by atoms with Gasteiger partial charge in [0.2, 0.25) is 0 Å². The summed E-state index contributed by atoms with van der Waals surface area (Å²) in [4.78, 5) is 19.5. The summed E-state index contributed by atoms with van der Waals surface area (Å²) in [6, 6.07) is 8.01. The molecule has 0 spiro atoms. The normalized spacial score (nSPS) is 23.4. The van der Waals surface area contributed by atoms with E-state index in [1.165, 1.54) is 12.8 Å². The summed E-state index contributed by atoms with van der Waals surface area (Å²) in [5.41, 5.74) is 1.37. The van der Waals surface area contributed by atoms with E-state index in [1.54, 1.807) is 6.33 Å². The largest absolute Gasteiger partial charge is 0.334 e. The fourth-order valence-electron chi connectivity index (χ4n) is 3.33. The van der Waals surface area contributed by atoms with Crippen molar-refractivity contribution in [2.24, 2.45) is 5.92 Å². The van der Waals surface area contributed by atoms with Gasteiger partial charge >= 0.3 is 0 Å². The first kappa shape index (κ1) is 16.5. The lowest BCUT2D eigenvalue weighted by Gasteiger charge is -2.41. The maximum atomic E-state index is 13.2. The van der Waals surface area contributed by atoms with Crippen LogP contribution in [0.4, 0.5) is 0 Å². The Balaban J connectivity index is 0.00000156. The van der Waals surface area contributed by atoms with Crippen LogP contribution in [0.1, 0.15) is 31.0 Å². The molecule has 1 atom stereocenters. The minimum absolute atomic E-state index is 0. The Hall–Kier alpha value is -1.33. The highest BCUT2D eigenvalue weighted by molar-refractivity contribution is 9.10. The molecule has 1 saturated carbocycles. The molecule has 0 radical (unpaired) electrons. The SMILES string of the molecule is CC1(c2cccc(Br)c2)C(=O)N(CC2CC2)Cc2cncn21.Cl. The molecule has 1 aromatic heterocycles. The van der Waals surface area contributed by atoms with Crippen LogP contribution in [0, 0.1) is 5.92 Å². The highest BCUT2D eigenvalue weighted by atomic mass is 79.9. The molecule has 1 aliphatic carbocycles. The number of fused-ring (bicyclic) bond motifs is 1. The molecule has 0 bridgehead atoms. The van der Waals surface area contributed by atoms with Crippen molar-refractivity contribution in [3.05, 3.63) is 52.5 Å². The third kappa shape index (κ3) is 2.70. The van der Waals surface area contributed by atoms with E-state index in [0.717, 1.165) is 22.3 Å². The molecule has 2 aliphatic rings. The number of benzene rings is 1. The highest BCUT2D eigenvalue weighted by Gasteiger charge is 2.45.